The summed E-state index contributed by atoms with van der Waals surface area (Å²) in [5, 5.41) is 0. The van der Waals surface area contributed by atoms with Crippen molar-refractivity contribution in [1.82, 2.24) is 4.72 Å². The molecule has 0 atom stereocenters. The van der Waals surface area contributed by atoms with E-state index in [0.717, 1.165) is 0 Å². The van der Waals surface area contributed by atoms with Crippen molar-refractivity contribution in [3.8, 4) is 0 Å². The number of rotatable bonds is 4. The fraction of sp³-hybridized carbons (Fsp3) is 0.400. The van der Waals surface area contributed by atoms with Crippen LogP contribution in [0.1, 0.15) is 11.1 Å². The number of hydrogen-bond acceptors (Lipinski definition) is 3. The lowest BCUT2D eigenvalue weighted by atomic mass is 10.1. The topological polar surface area (TPSA) is 84.2 Å². The summed E-state index contributed by atoms with van der Waals surface area (Å²) in [6.45, 7) is 1.63. The Morgan fingerprint density at radius 1 is 1.21 bits per heavy atom. The average Bonchev–Trinajstić information content (AvgIpc) is 2.22. The van der Waals surface area contributed by atoms with E-state index in [1.54, 1.807) is 13.8 Å². The molecular formula is C10H14F3N3O2S. The fourth-order valence-corrected chi connectivity index (χ4v) is 2.24. The first-order chi connectivity index (χ1) is 8.50. The summed E-state index contributed by atoms with van der Waals surface area (Å²) in [6, 6.07) is 2.99. The van der Waals surface area contributed by atoms with Crippen molar-refractivity contribution in [1.29, 1.82) is 0 Å². The summed E-state index contributed by atoms with van der Waals surface area (Å²) in [6.07, 6.45) is -4.61. The van der Waals surface area contributed by atoms with Crippen LogP contribution in [0, 0.1) is 13.8 Å². The lowest BCUT2D eigenvalue weighted by molar-refractivity contribution is -0.121. The SMILES string of the molecule is Cc1cc(NS(=O)(=O)NCC(F)(F)F)c(C)cc1N. The van der Waals surface area contributed by atoms with Crippen molar-refractivity contribution in [2.45, 2.75) is 20.0 Å². The van der Waals surface area contributed by atoms with Gasteiger partial charge in [0.05, 0.1) is 5.69 Å². The zero-order chi connectivity index (χ0) is 14.8. The minimum Gasteiger partial charge on any atom is -0.399 e. The maximum absolute atomic E-state index is 11.9. The number of hydrogen-bond donors (Lipinski definition) is 3. The van der Waals surface area contributed by atoms with Crippen LogP contribution in [-0.2, 0) is 10.2 Å². The average molecular weight is 297 g/mol. The Hall–Kier alpha value is -1.48. The Morgan fingerprint density at radius 2 is 1.79 bits per heavy atom. The highest BCUT2D eigenvalue weighted by Crippen LogP contribution is 2.23. The van der Waals surface area contributed by atoms with Crippen LogP contribution in [-0.4, -0.2) is 21.1 Å². The molecule has 0 aliphatic rings. The maximum Gasteiger partial charge on any atom is 0.402 e. The second kappa shape index (κ2) is 5.25. The number of nitrogens with two attached hydrogens (primary N) is 1. The second-order valence-corrected chi connectivity index (χ2v) is 5.57. The molecule has 1 aromatic rings. The van der Waals surface area contributed by atoms with Crippen molar-refractivity contribution in [3.63, 3.8) is 0 Å². The van der Waals surface area contributed by atoms with E-state index in [2.05, 4.69) is 0 Å². The van der Waals surface area contributed by atoms with Crippen molar-refractivity contribution in [2.75, 3.05) is 17.0 Å². The smallest absolute Gasteiger partial charge is 0.399 e. The molecule has 0 amide bonds. The van der Waals surface area contributed by atoms with E-state index in [1.165, 1.54) is 16.9 Å². The molecule has 0 spiro atoms. The molecule has 0 heterocycles. The molecule has 0 fully saturated rings. The highest BCUT2D eigenvalue weighted by molar-refractivity contribution is 7.90. The van der Waals surface area contributed by atoms with E-state index < -0.39 is 22.9 Å². The number of halogens is 3. The molecule has 0 aliphatic carbocycles. The molecule has 0 unspecified atom stereocenters. The molecule has 0 saturated heterocycles. The fourth-order valence-electron chi connectivity index (χ4n) is 1.31. The van der Waals surface area contributed by atoms with Crippen LogP contribution >= 0.6 is 0 Å². The van der Waals surface area contributed by atoms with Crippen LogP contribution in [0.5, 0.6) is 0 Å². The molecule has 1 aromatic carbocycles. The van der Waals surface area contributed by atoms with E-state index in [0.29, 0.717) is 16.8 Å². The van der Waals surface area contributed by atoms with E-state index >= 15 is 0 Å². The van der Waals surface area contributed by atoms with Gasteiger partial charge >= 0.3 is 6.18 Å². The minimum atomic E-state index is -4.61. The molecule has 5 nitrogen and oxygen atoms in total. The molecule has 0 aromatic heterocycles. The molecule has 19 heavy (non-hydrogen) atoms. The molecule has 0 bridgehead atoms. The Bertz CT molecular complexity index is 570. The highest BCUT2D eigenvalue weighted by atomic mass is 32.2. The number of nitrogen functional groups attached to an aromatic ring is 1. The standard InChI is InChI=1S/C10H14F3N3O2S/c1-6-4-9(7(2)3-8(6)14)16-19(17,18)15-5-10(11,12)13/h3-4,15-16H,5,14H2,1-2H3. The number of aryl methyl sites for hydroxylation is 2. The molecular weight excluding hydrogens is 283 g/mol. The predicted octanol–water partition coefficient (Wildman–Crippen LogP) is 1.69. The largest absolute Gasteiger partial charge is 0.402 e. The van der Waals surface area contributed by atoms with Crippen LogP contribution in [0.25, 0.3) is 0 Å². The lowest BCUT2D eigenvalue weighted by Gasteiger charge is -2.14. The van der Waals surface area contributed by atoms with Crippen molar-refractivity contribution >= 4 is 21.6 Å². The van der Waals surface area contributed by atoms with Gasteiger partial charge in [0.15, 0.2) is 0 Å². The molecule has 0 saturated carbocycles. The molecule has 0 radical (unpaired) electrons. The van der Waals surface area contributed by atoms with Crippen LogP contribution in [0.15, 0.2) is 12.1 Å². The summed E-state index contributed by atoms with van der Waals surface area (Å²) < 4.78 is 62.2. The summed E-state index contributed by atoms with van der Waals surface area (Å²) in [5.41, 5.74) is 7.42. The van der Waals surface area contributed by atoms with Gasteiger partial charge in [0, 0.05) is 5.69 Å². The maximum atomic E-state index is 11.9. The van der Waals surface area contributed by atoms with E-state index in [1.807, 2.05) is 4.72 Å². The number of nitrogens with one attached hydrogen (secondary N) is 2. The third-order valence-electron chi connectivity index (χ3n) is 2.32. The molecule has 108 valence electrons. The summed E-state index contributed by atoms with van der Waals surface area (Å²) in [7, 11) is -4.28. The molecule has 9 heteroatoms. The van der Waals surface area contributed by atoms with Gasteiger partial charge in [-0.2, -0.15) is 26.3 Å². The van der Waals surface area contributed by atoms with Gasteiger partial charge in [-0.15, -0.1) is 0 Å². The summed E-state index contributed by atoms with van der Waals surface area (Å²) >= 11 is 0. The lowest BCUT2D eigenvalue weighted by Crippen LogP contribution is -2.37. The van der Waals surface area contributed by atoms with Gasteiger partial charge in [-0.3, -0.25) is 4.72 Å². The summed E-state index contributed by atoms with van der Waals surface area (Å²) in [5.74, 6) is 0. The molecule has 4 N–H and O–H groups in total. The Kier molecular flexibility index (Phi) is 4.31. The first-order valence-electron chi connectivity index (χ1n) is 5.21. The Balaban J connectivity index is 2.87. The Morgan fingerprint density at radius 3 is 2.32 bits per heavy atom. The van der Waals surface area contributed by atoms with Gasteiger partial charge < -0.3 is 5.73 Å². The van der Waals surface area contributed by atoms with Gasteiger partial charge in [-0.05, 0) is 37.1 Å². The molecule has 1 rings (SSSR count). The first kappa shape index (κ1) is 15.6. The monoisotopic (exact) mass is 297 g/mol. The third-order valence-corrected chi connectivity index (χ3v) is 3.33. The van der Waals surface area contributed by atoms with Gasteiger partial charge in [0.2, 0.25) is 0 Å². The van der Waals surface area contributed by atoms with Gasteiger partial charge in [0.25, 0.3) is 10.2 Å². The normalized spacial score (nSPS) is 12.5. The zero-order valence-electron chi connectivity index (χ0n) is 10.3. The van der Waals surface area contributed by atoms with Gasteiger partial charge in [0.1, 0.15) is 6.54 Å². The van der Waals surface area contributed by atoms with Crippen LogP contribution < -0.4 is 15.2 Å². The van der Waals surface area contributed by atoms with Crippen LogP contribution in [0.4, 0.5) is 24.5 Å². The van der Waals surface area contributed by atoms with E-state index in [4.69, 9.17) is 5.73 Å². The van der Waals surface area contributed by atoms with Gasteiger partial charge in [-0.1, -0.05) is 0 Å². The second-order valence-electron chi connectivity index (χ2n) is 4.07. The van der Waals surface area contributed by atoms with Crippen molar-refractivity contribution in [2.24, 2.45) is 0 Å². The Labute approximate surface area is 109 Å². The predicted molar refractivity (Wildman–Crippen MR) is 66.9 cm³/mol. The van der Waals surface area contributed by atoms with E-state index in [-0.39, 0.29) is 5.69 Å². The number of anilines is 2. The van der Waals surface area contributed by atoms with Crippen LogP contribution in [0.3, 0.4) is 0 Å². The zero-order valence-corrected chi connectivity index (χ0v) is 11.1. The quantitative estimate of drug-likeness (QED) is 0.739. The first-order valence-corrected chi connectivity index (χ1v) is 6.69. The van der Waals surface area contributed by atoms with Crippen molar-refractivity contribution < 1.29 is 21.6 Å². The number of alkyl halides is 3. The number of benzene rings is 1. The van der Waals surface area contributed by atoms with E-state index in [9.17, 15) is 21.6 Å². The van der Waals surface area contributed by atoms with Gasteiger partial charge in [-0.25, -0.2) is 0 Å². The minimum absolute atomic E-state index is 0.182. The third kappa shape index (κ3) is 4.95. The molecule has 0 aliphatic heterocycles. The van der Waals surface area contributed by atoms with Crippen molar-refractivity contribution in [3.05, 3.63) is 23.3 Å². The summed E-state index contributed by atoms with van der Waals surface area (Å²) in [4.78, 5) is 0. The van der Waals surface area contributed by atoms with Crippen LogP contribution in [0.2, 0.25) is 0 Å². The highest BCUT2D eigenvalue weighted by Gasteiger charge is 2.29.